The van der Waals surface area contributed by atoms with E-state index < -0.39 is 17.9 Å². The van der Waals surface area contributed by atoms with E-state index in [1.165, 1.54) is 48.4 Å². The van der Waals surface area contributed by atoms with Gasteiger partial charge in [-0.15, -0.1) is 0 Å². The van der Waals surface area contributed by atoms with Gasteiger partial charge < -0.3 is 34.5 Å². The van der Waals surface area contributed by atoms with E-state index >= 15 is 0 Å². The lowest BCUT2D eigenvalue weighted by Gasteiger charge is -2.34. The minimum absolute atomic E-state index is 0.0184. The van der Waals surface area contributed by atoms with Crippen LogP contribution in [-0.2, 0) is 11.0 Å². The molecule has 0 aliphatic carbocycles. The SMILES string of the molecule is COc1cc(C(=O)N(C)c2ccc(C)cc2OCCCCC(=C=O)N2CCN(C)CC2)ccc1C(=O)Nc1cccc2nc(C(F)(F)F)[nH]c12. The topological polar surface area (TPSA) is 120 Å². The highest BCUT2D eigenvalue weighted by Gasteiger charge is 2.35. The van der Waals surface area contributed by atoms with E-state index in [0.29, 0.717) is 36.6 Å². The van der Waals surface area contributed by atoms with Gasteiger partial charge >= 0.3 is 6.18 Å². The number of halogens is 3. The average Bonchev–Trinajstić information content (AvgIpc) is 3.56. The molecule has 0 unspecified atom stereocenters. The second kappa shape index (κ2) is 15.5. The Bertz CT molecular complexity index is 1910. The monoisotopic (exact) mass is 692 g/mol. The molecule has 0 saturated carbocycles. The van der Waals surface area contributed by atoms with Crippen LogP contribution in [0.25, 0.3) is 11.0 Å². The zero-order valence-corrected chi connectivity index (χ0v) is 28.3. The van der Waals surface area contributed by atoms with Crippen molar-refractivity contribution in [2.75, 3.05) is 64.2 Å². The molecule has 0 atom stereocenters. The molecule has 0 bridgehead atoms. The number of piperazine rings is 1. The number of likely N-dealkylation sites (N-methyl/N-ethyl adjacent to an activating group) is 1. The average molecular weight is 693 g/mol. The number of alkyl halides is 3. The van der Waals surface area contributed by atoms with Gasteiger partial charge in [-0.2, -0.15) is 13.2 Å². The Labute approximate surface area is 287 Å². The van der Waals surface area contributed by atoms with Crippen LogP contribution in [0.4, 0.5) is 24.5 Å². The van der Waals surface area contributed by atoms with Gasteiger partial charge in [0.2, 0.25) is 5.82 Å². The molecule has 0 spiro atoms. The minimum Gasteiger partial charge on any atom is -0.496 e. The van der Waals surface area contributed by atoms with E-state index in [4.69, 9.17) is 9.47 Å². The summed E-state index contributed by atoms with van der Waals surface area (Å²) in [5.74, 6) is 0.510. The highest BCUT2D eigenvalue weighted by atomic mass is 19.4. The number of ether oxygens (including phenoxy) is 2. The first-order valence-corrected chi connectivity index (χ1v) is 16.1. The summed E-state index contributed by atoms with van der Waals surface area (Å²) >= 11 is 0. The van der Waals surface area contributed by atoms with E-state index in [2.05, 4.69) is 38.1 Å². The molecular formula is C36H39F3N6O5. The molecule has 2 heterocycles. The molecule has 50 heavy (non-hydrogen) atoms. The number of anilines is 2. The molecule has 14 heteroatoms. The van der Waals surface area contributed by atoms with Crippen LogP contribution in [0.1, 0.15) is 51.4 Å². The number of nitrogens with one attached hydrogen (secondary N) is 2. The van der Waals surface area contributed by atoms with Crippen molar-refractivity contribution in [2.45, 2.75) is 32.4 Å². The molecule has 1 aromatic heterocycles. The number of amides is 2. The lowest BCUT2D eigenvalue weighted by molar-refractivity contribution is -0.144. The van der Waals surface area contributed by atoms with Gasteiger partial charge in [0, 0.05) is 38.8 Å². The maximum Gasteiger partial charge on any atom is 0.449 e. The molecule has 1 fully saturated rings. The van der Waals surface area contributed by atoms with Gasteiger partial charge in [0.15, 0.2) is 0 Å². The third-order valence-electron chi connectivity index (χ3n) is 8.58. The summed E-state index contributed by atoms with van der Waals surface area (Å²) in [6.45, 7) is 5.74. The molecule has 2 N–H and O–H groups in total. The Kier molecular flexibility index (Phi) is 11.1. The van der Waals surface area contributed by atoms with Crippen molar-refractivity contribution in [1.29, 1.82) is 0 Å². The highest BCUT2D eigenvalue weighted by molar-refractivity contribution is 6.11. The van der Waals surface area contributed by atoms with Crippen molar-refractivity contribution in [2.24, 2.45) is 0 Å². The summed E-state index contributed by atoms with van der Waals surface area (Å²) in [6, 6.07) is 14.2. The van der Waals surface area contributed by atoms with Crippen LogP contribution in [0.15, 0.2) is 60.3 Å². The maximum absolute atomic E-state index is 13.7. The zero-order valence-electron chi connectivity index (χ0n) is 28.3. The number of aryl methyl sites for hydroxylation is 1. The molecule has 11 nitrogen and oxygen atoms in total. The fraction of sp³-hybridized carbons (Fsp3) is 0.361. The van der Waals surface area contributed by atoms with Crippen LogP contribution in [0, 0.1) is 6.92 Å². The normalized spacial score (nSPS) is 13.5. The second-order valence-electron chi connectivity index (χ2n) is 12.1. The Hall–Kier alpha value is -5.33. The number of hydrogen-bond donors (Lipinski definition) is 2. The number of allylic oxidation sites excluding steroid dienone is 1. The number of carbonyl (C=O) groups excluding carboxylic acids is 3. The van der Waals surface area contributed by atoms with Crippen LogP contribution in [-0.4, -0.2) is 91.5 Å². The first-order chi connectivity index (χ1) is 23.9. The van der Waals surface area contributed by atoms with Crippen molar-refractivity contribution >= 4 is 40.2 Å². The number of aromatic amines is 1. The summed E-state index contributed by atoms with van der Waals surface area (Å²) in [7, 11) is 5.03. The molecule has 1 aliphatic heterocycles. The minimum atomic E-state index is -4.69. The number of carbonyl (C=O) groups is 2. The molecule has 1 saturated heterocycles. The highest BCUT2D eigenvalue weighted by Crippen LogP contribution is 2.33. The Morgan fingerprint density at radius 1 is 1.04 bits per heavy atom. The maximum atomic E-state index is 13.7. The van der Waals surface area contributed by atoms with E-state index in [1.54, 1.807) is 13.1 Å². The smallest absolute Gasteiger partial charge is 0.449 e. The van der Waals surface area contributed by atoms with Gasteiger partial charge in [0.25, 0.3) is 11.8 Å². The third-order valence-corrected chi connectivity index (χ3v) is 8.58. The summed E-state index contributed by atoms with van der Waals surface area (Å²) in [5, 5.41) is 2.61. The predicted molar refractivity (Wildman–Crippen MR) is 184 cm³/mol. The van der Waals surface area contributed by atoms with Crippen LogP contribution >= 0.6 is 0 Å². The fourth-order valence-corrected chi connectivity index (χ4v) is 5.72. The van der Waals surface area contributed by atoms with Crippen molar-refractivity contribution < 1.29 is 37.0 Å². The summed E-state index contributed by atoms with van der Waals surface area (Å²) in [4.78, 5) is 50.1. The van der Waals surface area contributed by atoms with Gasteiger partial charge in [-0.3, -0.25) is 9.59 Å². The Balaban J connectivity index is 1.24. The van der Waals surface area contributed by atoms with E-state index in [9.17, 15) is 27.6 Å². The van der Waals surface area contributed by atoms with Crippen molar-refractivity contribution in [3.63, 3.8) is 0 Å². The molecule has 1 aliphatic rings. The van der Waals surface area contributed by atoms with Gasteiger partial charge in [-0.05, 0) is 81.3 Å². The van der Waals surface area contributed by atoms with Crippen molar-refractivity contribution in [3.8, 4) is 11.5 Å². The number of aromatic nitrogens is 2. The quantitative estimate of drug-likeness (QED) is 0.138. The molecule has 264 valence electrons. The van der Waals surface area contributed by atoms with Gasteiger partial charge in [0.1, 0.15) is 17.4 Å². The van der Waals surface area contributed by atoms with E-state index in [0.717, 1.165) is 38.2 Å². The number of nitrogens with zero attached hydrogens (tertiary/aromatic N) is 4. The standard InChI is InChI=1S/C36H39F3N6O5/c1-23-11-14-29(31(20-23)50-19-6-5-8-25(22-46)45-17-15-43(2)16-18-45)44(3)34(48)24-12-13-26(30(21-24)49-4)33(47)40-27-9-7-10-28-32(27)42-35(41-28)36(37,38)39/h7,9-14,20-21H,5-6,8,15-19H2,1-4H3,(H,40,47)(H,41,42). The number of H-pyrrole nitrogens is 1. The summed E-state index contributed by atoms with van der Waals surface area (Å²) in [5.41, 5.74) is 2.63. The summed E-state index contributed by atoms with van der Waals surface area (Å²) < 4.78 is 51.3. The molecule has 2 amide bonds. The number of rotatable bonds is 12. The fourth-order valence-electron chi connectivity index (χ4n) is 5.72. The third kappa shape index (κ3) is 8.27. The molecule has 5 rings (SSSR count). The van der Waals surface area contributed by atoms with Gasteiger partial charge in [-0.1, -0.05) is 12.1 Å². The second-order valence-corrected chi connectivity index (χ2v) is 12.1. The van der Waals surface area contributed by atoms with Gasteiger partial charge in [-0.25, -0.2) is 9.78 Å². The number of imidazole rings is 1. The largest absolute Gasteiger partial charge is 0.496 e. The first-order valence-electron chi connectivity index (χ1n) is 16.1. The van der Waals surface area contributed by atoms with Crippen LogP contribution in [0.2, 0.25) is 0 Å². The summed E-state index contributed by atoms with van der Waals surface area (Å²) in [6.07, 6.45) is -2.63. The predicted octanol–water partition coefficient (Wildman–Crippen LogP) is 5.94. The number of hydrogen-bond acceptors (Lipinski definition) is 8. The molecular weight excluding hydrogens is 653 g/mol. The molecule has 4 aromatic rings. The Morgan fingerprint density at radius 3 is 2.50 bits per heavy atom. The van der Waals surface area contributed by atoms with Crippen molar-refractivity contribution in [1.82, 2.24) is 19.8 Å². The lowest BCUT2D eigenvalue weighted by atomic mass is 10.1. The zero-order chi connectivity index (χ0) is 36.0. The number of methoxy groups -OCH3 is 1. The number of unbranched alkanes of at least 4 members (excludes halogenated alkanes) is 1. The van der Waals surface area contributed by atoms with Crippen molar-refractivity contribution in [3.05, 3.63) is 82.8 Å². The number of para-hydroxylation sites is 1. The van der Waals surface area contributed by atoms with Crippen LogP contribution < -0.4 is 19.7 Å². The van der Waals surface area contributed by atoms with E-state index in [1.807, 2.05) is 19.1 Å². The number of fused-ring (bicyclic) bond motifs is 1. The first kappa shape index (κ1) is 36.0. The molecule has 3 aromatic carbocycles. The Morgan fingerprint density at radius 2 is 1.80 bits per heavy atom. The molecule has 0 radical (unpaired) electrons. The van der Waals surface area contributed by atoms with E-state index in [-0.39, 0.29) is 39.5 Å². The number of benzene rings is 3. The van der Waals surface area contributed by atoms with Gasteiger partial charge in [0.05, 0.1) is 47.4 Å². The lowest BCUT2D eigenvalue weighted by Crippen LogP contribution is -2.44. The van der Waals surface area contributed by atoms with Crippen LogP contribution in [0.3, 0.4) is 0 Å². The van der Waals surface area contributed by atoms with Crippen LogP contribution in [0.5, 0.6) is 11.5 Å².